The fraction of sp³-hybridized carbons (Fsp3) is 0.562. The number of rotatable bonds is 2. The first-order valence-electron chi connectivity index (χ1n) is 13.1. The Labute approximate surface area is 237 Å². The van der Waals surface area contributed by atoms with E-state index in [9.17, 15) is 0 Å². The predicted molar refractivity (Wildman–Crippen MR) is 149 cm³/mol. The number of pyridine rings is 1. The topological polar surface area (TPSA) is 51.6 Å². The molecular weight excluding hydrogens is 633 g/mol. The molecule has 0 spiro atoms. The third-order valence-electron chi connectivity index (χ3n) is 9.03. The SMILES string of the molecule is Cc1cc(-c2[c-]cc3c(c2)C(C)(C)C(C)(C)C3(C)C)ncc1-c1nc(C(C)(C)C)nc(C(C)(C)C)n1.[Ir]. The van der Waals surface area contributed by atoms with Crippen LogP contribution in [-0.4, -0.2) is 19.9 Å². The van der Waals surface area contributed by atoms with Crippen molar-refractivity contribution in [2.24, 2.45) is 5.41 Å². The van der Waals surface area contributed by atoms with Crippen molar-refractivity contribution in [2.75, 3.05) is 0 Å². The van der Waals surface area contributed by atoms with Crippen LogP contribution in [0, 0.1) is 18.4 Å². The van der Waals surface area contributed by atoms with Crippen LogP contribution < -0.4 is 0 Å². The van der Waals surface area contributed by atoms with Crippen LogP contribution in [0.2, 0.25) is 0 Å². The number of aromatic nitrogens is 4. The summed E-state index contributed by atoms with van der Waals surface area (Å²) in [5.41, 5.74) is 6.69. The molecule has 1 aliphatic carbocycles. The average molecular weight is 676 g/mol. The van der Waals surface area contributed by atoms with Crippen molar-refractivity contribution < 1.29 is 20.1 Å². The third kappa shape index (κ3) is 4.72. The summed E-state index contributed by atoms with van der Waals surface area (Å²) in [6.45, 7) is 29.2. The number of hydrogen-bond acceptors (Lipinski definition) is 4. The van der Waals surface area contributed by atoms with Crippen molar-refractivity contribution >= 4 is 0 Å². The number of benzene rings is 1. The maximum Gasteiger partial charge on any atom is 0.165 e. The zero-order valence-electron chi connectivity index (χ0n) is 24.9. The van der Waals surface area contributed by atoms with Crippen molar-refractivity contribution in [3.8, 4) is 22.6 Å². The molecule has 0 fully saturated rings. The van der Waals surface area contributed by atoms with Crippen LogP contribution in [0.4, 0.5) is 0 Å². The number of aryl methyl sites for hydroxylation is 1. The van der Waals surface area contributed by atoms with Gasteiger partial charge < -0.3 is 4.98 Å². The molecule has 0 saturated heterocycles. The van der Waals surface area contributed by atoms with Gasteiger partial charge in [0.1, 0.15) is 11.6 Å². The third-order valence-corrected chi connectivity index (χ3v) is 9.03. The fourth-order valence-corrected chi connectivity index (χ4v) is 5.23. The molecule has 0 amide bonds. The summed E-state index contributed by atoms with van der Waals surface area (Å²) in [7, 11) is 0. The number of fused-ring (bicyclic) bond motifs is 1. The average Bonchev–Trinajstić information content (AvgIpc) is 2.86. The Morgan fingerprint density at radius 1 is 0.730 bits per heavy atom. The molecule has 1 aromatic carbocycles. The van der Waals surface area contributed by atoms with Crippen LogP contribution in [0.1, 0.15) is 111 Å². The van der Waals surface area contributed by atoms with Gasteiger partial charge in [0.25, 0.3) is 0 Å². The van der Waals surface area contributed by atoms with Crippen LogP contribution in [0.3, 0.4) is 0 Å². The molecule has 2 aromatic heterocycles. The predicted octanol–water partition coefficient (Wildman–Crippen LogP) is 7.90. The van der Waals surface area contributed by atoms with E-state index in [1.807, 2.05) is 6.20 Å². The zero-order valence-corrected chi connectivity index (χ0v) is 27.3. The minimum atomic E-state index is -0.174. The molecule has 0 saturated carbocycles. The molecule has 201 valence electrons. The minimum Gasteiger partial charge on any atom is -0.304 e. The summed E-state index contributed by atoms with van der Waals surface area (Å²) < 4.78 is 0. The van der Waals surface area contributed by atoms with Gasteiger partial charge in [0.05, 0.1) is 0 Å². The molecule has 0 unspecified atom stereocenters. The summed E-state index contributed by atoms with van der Waals surface area (Å²) >= 11 is 0. The van der Waals surface area contributed by atoms with Crippen molar-refractivity contribution in [1.29, 1.82) is 0 Å². The normalized spacial score (nSPS) is 17.8. The van der Waals surface area contributed by atoms with E-state index in [-0.39, 0.29) is 47.2 Å². The summed E-state index contributed by atoms with van der Waals surface area (Å²) in [6.07, 6.45) is 1.92. The van der Waals surface area contributed by atoms with Crippen LogP contribution >= 0.6 is 0 Å². The van der Waals surface area contributed by atoms with E-state index < -0.39 is 0 Å². The summed E-state index contributed by atoms with van der Waals surface area (Å²) in [5, 5.41) is 0. The summed E-state index contributed by atoms with van der Waals surface area (Å²) in [6, 6.07) is 10.2. The van der Waals surface area contributed by atoms with E-state index in [1.54, 1.807) is 0 Å². The van der Waals surface area contributed by atoms with Gasteiger partial charge in [-0.1, -0.05) is 89.2 Å². The molecule has 0 bridgehead atoms. The molecule has 0 aliphatic heterocycles. The number of nitrogens with zero attached hydrogens (tertiary/aromatic N) is 4. The maximum atomic E-state index is 4.88. The van der Waals surface area contributed by atoms with E-state index in [0.717, 1.165) is 34.0 Å². The monoisotopic (exact) mass is 676 g/mol. The first kappa shape index (κ1) is 29.6. The van der Waals surface area contributed by atoms with Crippen molar-refractivity contribution in [2.45, 2.75) is 112 Å². The quantitative estimate of drug-likeness (QED) is 0.259. The Bertz CT molecular complexity index is 1310. The Balaban J connectivity index is 0.00000380. The van der Waals surface area contributed by atoms with Crippen molar-refractivity contribution in [3.63, 3.8) is 0 Å². The maximum absolute atomic E-state index is 4.88. The standard InChI is InChI=1S/C32H43N4.Ir/c1-19-16-24(20-14-15-22-23(17-20)31(10,11)32(12,13)30(22,8)9)33-18-21(19)25-34-26(28(2,3)4)36-27(35-25)29(5,6)7;/h15-18H,1-13H3;/q-1;. The molecular formula is C32H43IrN4-. The molecule has 37 heavy (non-hydrogen) atoms. The van der Waals surface area contributed by atoms with Gasteiger partial charge in [-0.25, -0.2) is 15.0 Å². The molecule has 1 radical (unpaired) electrons. The fourth-order valence-electron chi connectivity index (χ4n) is 5.23. The molecule has 0 atom stereocenters. The van der Waals surface area contributed by atoms with Gasteiger partial charge >= 0.3 is 0 Å². The molecule has 4 nitrogen and oxygen atoms in total. The van der Waals surface area contributed by atoms with E-state index in [1.165, 1.54) is 11.1 Å². The van der Waals surface area contributed by atoms with Crippen molar-refractivity contribution in [3.05, 3.63) is 58.8 Å². The van der Waals surface area contributed by atoms with Crippen LogP contribution in [0.25, 0.3) is 22.6 Å². The Morgan fingerprint density at radius 2 is 1.24 bits per heavy atom. The smallest absolute Gasteiger partial charge is 0.165 e. The van der Waals surface area contributed by atoms with Crippen LogP contribution in [0.15, 0.2) is 24.4 Å². The first-order valence-corrected chi connectivity index (χ1v) is 13.1. The minimum absolute atomic E-state index is 0. The van der Waals surface area contributed by atoms with Crippen LogP contribution in [0.5, 0.6) is 0 Å². The molecule has 1 aliphatic rings. The first-order chi connectivity index (χ1) is 16.3. The second kappa shape index (κ2) is 9.06. The van der Waals surface area contributed by atoms with Gasteiger partial charge in [0.15, 0.2) is 5.82 Å². The second-order valence-electron chi connectivity index (χ2n) is 14.2. The van der Waals surface area contributed by atoms with E-state index in [4.69, 9.17) is 19.9 Å². The van der Waals surface area contributed by atoms with Crippen LogP contribution in [-0.2, 0) is 41.8 Å². The molecule has 3 aromatic rings. The Kier molecular flexibility index (Phi) is 7.24. The molecule has 2 heterocycles. The zero-order chi connectivity index (χ0) is 27.1. The van der Waals surface area contributed by atoms with E-state index in [0.29, 0.717) is 5.82 Å². The van der Waals surface area contributed by atoms with Gasteiger partial charge in [0, 0.05) is 42.7 Å². The van der Waals surface area contributed by atoms with Gasteiger partial charge in [-0.2, -0.15) is 0 Å². The van der Waals surface area contributed by atoms with E-state index in [2.05, 4.69) is 114 Å². The largest absolute Gasteiger partial charge is 0.304 e. The van der Waals surface area contributed by atoms with E-state index >= 15 is 0 Å². The Morgan fingerprint density at radius 3 is 1.73 bits per heavy atom. The van der Waals surface area contributed by atoms with Gasteiger partial charge in [-0.15, -0.1) is 34.9 Å². The number of hydrogen-bond donors (Lipinski definition) is 0. The van der Waals surface area contributed by atoms with Gasteiger partial charge in [-0.05, 0) is 34.4 Å². The Hall–Kier alpha value is -1.97. The second-order valence-corrected chi connectivity index (χ2v) is 14.2. The summed E-state index contributed by atoms with van der Waals surface area (Å²) in [5.74, 6) is 2.31. The van der Waals surface area contributed by atoms with Gasteiger partial charge in [0.2, 0.25) is 0 Å². The van der Waals surface area contributed by atoms with Crippen molar-refractivity contribution in [1.82, 2.24) is 19.9 Å². The molecule has 4 rings (SSSR count). The van der Waals surface area contributed by atoms with Gasteiger partial charge in [-0.3, -0.25) is 0 Å². The molecule has 5 heteroatoms. The molecule has 0 N–H and O–H groups in total. The summed E-state index contributed by atoms with van der Waals surface area (Å²) in [4.78, 5) is 19.5.